The fraction of sp³-hybridized carbons (Fsp3) is 0.500. The van der Waals surface area contributed by atoms with Crippen LogP contribution in [-0.2, 0) is 19.9 Å². The smallest absolute Gasteiger partial charge is 0.229 e. The van der Waals surface area contributed by atoms with Gasteiger partial charge in [0.15, 0.2) is 9.84 Å². The summed E-state index contributed by atoms with van der Waals surface area (Å²) in [6.45, 7) is 1.57. The van der Waals surface area contributed by atoms with E-state index in [-0.39, 0.29) is 34.4 Å². The fourth-order valence-corrected chi connectivity index (χ4v) is 5.19. The molecular formula is C12H16FNO4S2. The highest BCUT2D eigenvalue weighted by Crippen LogP contribution is 2.19. The molecule has 0 radical (unpaired) electrons. The highest BCUT2D eigenvalue weighted by molar-refractivity contribution is 7.91. The van der Waals surface area contributed by atoms with Crippen LogP contribution in [0, 0.1) is 18.7 Å². The molecule has 1 aromatic carbocycles. The van der Waals surface area contributed by atoms with Crippen molar-refractivity contribution in [1.82, 2.24) is 4.72 Å². The molecule has 1 heterocycles. The zero-order chi connectivity index (χ0) is 15.0. The number of rotatable bonds is 4. The summed E-state index contributed by atoms with van der Waals surface area (Å²) >= 11 is 0. The molecule has 2 rings (SSSR count). The molecule has 1 aliphatic heterocycles. The lowest BCUT2D eigenvalue weighted by Gasteiger charge is -2.11. The molecule has 0 bridgehead atoms. The number of halogens is 1. The summed E-state index contributed by atoms with van der Waals surface area (Å²) in [5.41, 5.74) is 0.247. The zero-order valence-corrected chi connectivity index (χ0v) is 12.6. The lowest BCUT2D eigenvalue weighted by atomic mass is 10.1. The van der Waals surface area contributed by atoms with Crippen LogP contribution in [0.2, 0.25) is 0 Å². The second-order valence-electron chi connectivity index (χ2n) is 5.03. The highest BCUT2D eigenvalue weighted by Gasteiger charge is 2.29. The van der Waals surface area contributed by atoms with Crippen molar-refractivity contribution in [1.29, 1.82) is 0 Å². The summed E-state index contributed by atoms with van der Waals surface area (Å²) in [6.07, 6.45) is 0.466. The molecule has 0 amide bonds. The Bertz CT molecular complexity index is 713. The van der Waals surface area contributed by atoms with Crippen LogP contribution in [0.1, 0.15) is 12.0 Å². The van der Waals surface area contributed by atoms with E-state index in [4.69, 9.17) is 0 Å². The largest absolute Gasteiger partial charge is 0.240 e. The average Bonchev–Trinajstić information content (AvgIpc) is 2.70. The van der Waals surface area contributed by atoms with Gasteiger partial charge in [0.25, 0.3) is 0 Å². The van der Waals surface area contributed by atoms with Gasteiger partial charge in [0.1, 0.15) is 5.82 Å². The summed E-state index contributed by atoms with van der Waals surface area (Å²) in [5, 5.41) is 0. The van der Waals surface area contributed by atoms with Gasteiger partial charge in [0.2, 0.25) is 10.0 Å². The van der Waals surface area contributed by atoms with E-state index in [0.717, 1.165) is 6.07 Å². The number of nitrogens with one attached hydrogen (secondary N) is 1. The van der Waals surface area contributed by atoms with Crippen LogP contribution >= 0.6 is 0 Å². The monoisotopic (exact) mass is 321 g/mol. The predicted octanol–water partition coefficient (Wildman–Crippen LogP) is 0.847. The third-order valence-corrected chi connectivity index (χ3v) is 6.59. The van der Waals surface area contributed by atoms with E-state index in [1.807, 2.05) is 0 Å². The Morgan fingerprint density at radius 3 is 2.65 bits per heavy atom. The number of benzene rings is 1. The first-order chi connectivity index (χ1) is 9.20. The van der Waals surface area contributed by atoms with E-state index < -0.39 is 25.7 Å². The first kappa shape index (κ1) is 15.4. The van der Waals surface area contributed by atoms with Crippen LogP contribution in [0.4, 0.5) is 4.39 Å². The van der Waals surface area contributed by atoms with Gasteiger partial charge in [-0.2, -0.15) is 0 Å². The average molecular weight is 321 g/mol. The lowest BCUT2D eigenvalue weighted by molar-refractivity contribution is 0.542. The summed E-state index contributed by atoms with van der Waals surface area (Å²) in [7, 11) is -6.76. The maximum Gasteiger partial charge on any atom is 0.240 e. The van der Waals surface area contributed by atoms with Crippen molar-refractivity contribution >= 4 is 19.9 Å². The fourth-order valence-electron chi connectivity index (χ4n) is 2.13. The van der Waals surface area contributed by atoms with Gasteiger partial charge in [-0.05, 0) is 43.0 Å². The maximum atomic E-state index is 13.1. The SMILES string of the molecule is Cc1cc(S(=O)(=O)NCC2CCS(=O)(=O)C2)ccc1F. The zero-order valence-electron chi connectivity index (χ0n) is 11.0. The topological polar surface area (TPSA) is 80.3 Å². The third kappa shape index (κ3) is 3.56. The molecule has 1 N–H and O–H groups in total. The Hall–Kier alpha value is -0.990. The maximum absolute atomic E-state index is 13.1. The van der Waals surface area contributed by atoms with Gasteiger partial charge in [-0.15, -0.1) is 0 Å². The Kier molecular flexibility index (Phi) is 4.17. The minimum atomic E-state index is -3.74. The molecule has 5 nitrogen and oxygen atoms in total. The van der Waals surface area contributed by atoms with E-state index >= 15 is 0 Å². The van der Waals surface area contributed by atoms with Crippen molar-refractivity contribution < 1.29 is 21.2 Å². The molecule has 0 aromatic heterocycles. The Balaban J connectivity index is 2.06. The molecule has 1 saturated heterocycles. The van der Waals surface area contributed by atoms with Gasteiger partial charge in [-0.3, -0.25) is 0 Å². The quantitative estimate of drug-likeness (QED) is 0.891. The summed E-state index contributed by atoms with van der Waals surface area (Å²) in [4.78, 5) is -0.0164. The number of hydrogen-bond acceptors (Lipinski definition) is 4. The van der Waals surface area contributed by atoms with Gasteiger partial charge in [-0.1, -0.05) is 0 Å². The molecule has 0 spiro atoms. The number of aryl methyl sites for hydroxylation is 1. The van der Waals surface area contributed by atoms with Gasteiger partial charge in [-0.25, -0.2) is 25.9 Å². The molecule has 1 aliphatic rings. The predicted molar refractivity (Wildman–Crippen MR) is 73.1 cm³/mol. The normalized spacial score (nSPS) is 22.0. The summed E-state index contributed by atoms with van der Waals surface area (Å²) < 4.78 is 62.2. The summed E-state index contributed by atoms with van der Waals surface area (Å²) in [6, 6.07) is 3.54. The Morgan fingerprint density at radius 2 is 2.10 bits per heavy atom. The van der Waals surface area contributed by atoms with E-state index in [1.165, 1.54) is 19.1 Å². The Labute approximate surface area is 118 Å². The van der Waals surface area contributed by atoms with Crippen LogP contribution in [0.25, 0.3) is 0 Å². The van der Waals surface area contributed by atoms with Crippen molar-refractivity contribution in [2.24, 2.45) is 5.92 Å². The van der Waals surface area contributed by atoms with Crippen molar-refractivity contribution in [2.75, 3.05) is 18.1 Å². The number of sulfonamides is 1. The Morgan fingerprint density at radius 1 is 1.40 bits per heavy atom. The van der Waals surface area contributed by atoms with Crippen molar-refractivity contribution in [3.8, 4) is 0 Å². The van der Waals surface area contributed by atoms with Crippen molar-refractivity contribution in [3.63, 3.8) is 0 Å². The number of hydrogen-bond donors (Lipinski definition) is 1. The van der Waals surface area contributed by atoms with Crippen LogP contribution in [0.3, 0.4) is 0 Å². The van der Waals surface area contributed by atoms with Crippen LogP contribution < -0.4 is 4.72 Å². The molecule has 0 aliphatic carbocycles. The molecular weight excluding hydrogens is 305 g/mol. The second kappa shape index (κ2) is 5.42. The molecule has 0 saturated carbocycles. The minimum Gasteiger partial charge on any atom is -0.229 e. The van der Waals surface area contributed by atoms with E-state index in [1.54, 1.807) is 0 Å². The van der Waals surface area contributed by atoms with E-state index in [9.17, 15) is 21.2 Å². The van der Waals surface area contributed by atoms with Crippen molar-refractivity contribution in [2.45, 2.75) is 18.2 Å². The molecule has 1 atom stereocenters. The second-order valence-corrected chi connectivity index (χ2v) is 9.03. The molecule has 20 heavy (non-hydrogen) atoms. The van der Waals surface area contributed by atoms with Gasteiger partial charge < -0.3 is 0 Å². The van der Waals surface area contributed by atoms with E-state index in [0.29, 0.717) is 6.42 Å². The molecule has 8 heteroatoms. The van der Waals surface area contributed by atoms with Gasteiger partial charge >= 0.3 is 0 Å². The standard InChI is InChI=1S/C12H16FNO4S2/c1-9-6-11(2-3-12(9)13)20(17,18)14-7-10-4-5-19(15,16)8-10/h2-3,6,10,14H,4-5,7-8H2,1H3. The molecule has 1 unspecified atom stereocenters. The van der Waals surface area contributed by atoms with Gasteiger partial charge in [0.05, 0.1) is 16.4 Å². The van der Waals surface area contributed by atoms with Crippen LogP contribution in [0.5, 0.6) is 0 Å². The molecule has 112 valence electrons. The summed E-state index contributed by atoms with van der Waals surface area (Å²) in [5.74, 6) is -0.547. The van der Waals surface area contributed by atoms with Crippen LogP contribution in [0.15, 0.2) is 23.1 Å². The van der Waals surface area contributed by atoms with E-state index in [2.05, 4.69) is 4.72 Å². The lowest BCUT2D eigenvalue weighted by Crippen LogP contribution is -2.30. The minimum absolute atomic E-state index is 0.0119. The van der Waals surface area contributed by atoms with Gasteiger partial charge in [0, 0.05) is 6.54 Å². The first-order valence-electron chi connectivity index (χ1n) is 6.16. The van der Waals surface area contributed by atoms with Crippen molar-refractivity contribution in [3.05, 3.63) is 29.6 Å². The first-order valence-corrected chi connectivity index (χ1v) is 9.46. The number of sulfone groups is 1. The third-order valence-electron chi connectivity index (χ3n) is 3.33. The molecule has 1 aromatic rings. The molecule has 1 fully saturated rings. The van der Waals surface area contributed by atoms with Crippen LogP contribution in [-0.4, -0.2) is 34.9 Å². The highest BCUT2D eigenvalue weighted by atomic mass is 32.2.